The predicted octanol–water partition coefficient (Wildman–Crippen LogP) is 1.98. The van der Waals surface area contributed by atoms with Gasteiger partial charge in [0.25, 0.3) is 5.91 Å². The fourth-order valence-corrected chi connectivity index (χ4v) is 1.58. The molecule has 2 aromatic rings. The van der Waals surface area contributed by atoms with E-state index in [0.717, 1.165) is 11.3 Å². The quantitative estimate of drug-likeness (QED) is 0.865. The highest BCUT2D eigenvalue weighted by Gasteiger charge is 2.14. The van der Waals surface area contributed by atoms with Crippen LogP contribution in [0.15, 0.2) is 22.7 Å². The zero-order valence-corrected chi connectivity index (χ0v) is 10.4. The van der Waals surface area contributed by atoms with E-state index in [1.54, 1.807) is 20.0 Å². The molecule has 0 radical (unpaired) electrons. The maximum Gasteiger partial charge on any atom is 0.328 e. The zero-order chi connectivity index (χ0) is 13.1. The average Bonchev–Trinajstić information content (AvgIpc) is 2.74. The lowest BCUT2D eigenvalue weighted by Gasteiger charge is -2.08. The number of nitrogens with one attached hydrogen (secondary N) is 2. The standard InChI is InChI=1S/C12H14N4O2/c1-7-4-5-10(13-3)9(6-7)11(17)15-12-14-8(2)16-18-12/h4-6,13H,1-3H3,(H,14,15,16,17). The van der Waals surface area contributed by atoms with E-state index in [1.807, 2.05) is 19.1 Å². The highest BCUT2D eigenvalue weighted by molar-refractivity contribution is 6.07. The molecule has 0 aliphatic carbocycles. The van der Waals surface area contributed by atoms with Crippen LogP contribution in [-0.4, -0.2) is 23.1 Å². The first kappa shape index (κ1) is 12.1. The molecular formula is C12H14N4O2. The van der Waals surface area contributed by atoms with Crippen LogP contribution in [0.3, 0.4) is 0 Å². The Morgan fingerprint density at radius 1 is 1.33 bits per heavy atom. The normalized spacial score (nSPS) is 10.2. The molecule has 0 saturated carbocycles. The number of carbonyl (C=O) groups excluding carboxylic acids is 1. The minimum absolute atomic E-state index is 0.0982. The van der Waals surface area contributed by atoms with Crippen LogP contribution in [0.25, 0.3) is 0 Å². The van der Waals surface area contributed by atoms with Crippen molar-refractivity contribution in [2.75, 3.05) is 17.7 Å². The topological polar surface area (TPSA) is 80.0 Å². The zero-order valence-electron chi connectivity index (χ0n) is 10.4. The molecule has 1 aromatic carbocycles. The van der Waals surface area contributed by atoms with Gasteiger partial charge in [0.1, 0.15) is 0 Å². The molecule has 1 amide bonds. The molecule has 94 valence electrons. The second-order valence-corrected chi connectivity index (χ2v) is 3.90. The number of hydrogen-bond donors (Lipinski definition) is 2. The van der Waals surface area contributed by atoms with Gasteiger partial charge in [0.2, 0.25) is 0 Å². The van der Waals surface area contributed by atoms with Gasteiger partial charge < -0.3 is 9.84 Å². The van der Waals surface area contributed by atoms with Crippen LogP contribution in [0, 0.1) is 13.8 Å². The number of carbonyl (C=O) groups is 1. The van der Waals surface area contributed by atoms with Gasteiger partial charge in [-0.3, -0.25) is 10.1 Å². The van der Waals surface area contributed by atoms with E-state index in [-0.39, 0.29) is 11.9 Å². The molecule has 18 heavy (non-hydrogen) atoms. The fourth-order valence-electron chi connectivity index (χ4n) is 1.58. The van der Waals surface area contributed by atoms with Crippen LogP contribution in [0.2, 0.25) is 0 Å². The number of anilines is 2. The van der Waals surface area contributed by atoms with Crippen molar-refractivity contribution < 1.29 is 9.32 Å². The molecule has 0 unspecified atom stereocenters. The number of rotatable bonds is 3. The summed E-state index contributed by atoms with van der Waals surface area (Å²) in [5, 5.41) is 9.14. The summed E-state index contributed by atoms with van der Waals surface area (Å²) in [5.41, 5.74) is 2.28. The lowest BCUT2D eigenvalue weighted by atomic mass is 10.1. The Kier molecular flexibility index (Phi) is 3.27. The summed E-state index contributed by atoms with van der Waals surface area (Å²) >= 11 is 0. The predicted molar refractivity (Wildman–Crippen MR) is 67.7 cm³/mol. The Labute approximate surface area is 104 Å². The SMILES string of the molecule is CNc1ccc(C)cc1C(=O)Nc1nc(C)no1. The summed E-state index contributed by atoms with van der Waals surface area (Å²) in [7, 11) is 1.76. The van der Waals surface area contributed by atoms with E-state index < -0.39 is 0 Å². The van der Waals surface area contributed by atoms with Crippen molar-refractivity contribution in [3.8, 4) is 0 Å². The van der Waals surface area contributed by atoms with E-state index in [1.165, 1.54) is 0 Å². The van der Waals surface area contributed by atoms with Gasteiger partial charge in [-0.1, -0.05) is 16.8 Å². The maximum atomic E-state index is 12.1. The lowest BCUT2D eigenvalue weighted by Crippen LogP contribution is -2.14. The van der Waals surface area contributed by atoms with Gasteiger partial charge in [0, 0.05) is 12.7 Å². The molecular weight excluding hydrogens is 232 g/mol. The molecule has 2 rings (SSSR count). The van der Waals surface area contributed by atoms with Crippen molar-refractivity contribution in [1.29, 1.82) is 0 Å². The van der Waals surface area contributed by atoms with Gasteiger partial charge in [0.15, 0.2) is 5.82 Å². The third-order valence-electron chi connectivity index (χ3n) is 2.44. The highest BCUT2D eigenvalue weighted by atomic mass is 16.5. The molecule has 0 fully saturated rings. The first-order valence-electron chi connectivity index (χ1n) is 5.50. The van der Waals surface area contributed by atoms with Gasteiger partial charge in [-0.2, -0.15) is 4.98 Å². The highest BCUT2D eigenvalue weighted by Crippen LogP contribution is 2.18. The first-order chi connectivity index (χ1) is 8.60. The van der Waals surface area contributed by atoms with Crippen molar-refractivity contribution in [3.05, 3.63) is 35.2 Å². The third-order valence-corrected chi connectivity index (χ3v) is 2.44. The van der Waals surface area contributed by atoms with Crippen molar-refractivity contribution in [2.45, 2.75) is 13.8 Å². The average molecular weight is 246 g/mol. The molecule has 1 heterocycles. The minimum Gasteiger partial charge on any atom is -0.387 e. The van der Waals surface area contributed by atoms with Crippen molar-refractivity contribution in [1.82, 2.24) is 10.1 Å². The Bertz CT molecular complexity index is 577. The number of benzene rings is 1. The van der Waals surface area contributed by atoms with E-state index in [4.69, 9.17) is 4.52 Å². The van der Waals surface area contributed by atoms with Crippen LogP contribution in [-0.2, 0) is 0 Å². The van der Waals surface area contributed by atoms with Gasteiger partial charge >= 0.3 is 6.01 Å². The van der Waals surface area contributed by atoms with Gasteiger partial charge in [-0.25, -0.2) is 0 Å². The third kappa shape index (κ3) is 2.48. The summed E-state index contributed by atoms with van der Waals surface area (Å²) in [5.74, 6) is 0.190. The van der Waals surface area contributed by atoms with Crippen LogP contribution in [0.1, 0.15) is 21.7 Å². The summed E-state index contributed by atoms with van der Waals surface area (Å²) < 4.78 is 4.85. The maximum absolute atomic E-state index is 12.1. The molecule has 2 N–H and O–H groups in total. The number of nitrogens with zero attached hydrogens (tertiary/aromatic N) is 2. The molecule has 0 bridgehead atoms. The van der Waals surface area contributed by atoms with Gasteiger partial charge in [0.05, 0.1) is 5.56 Å². The Morgan fingerprint density at radius 2 is 2.11 bits per heavy atom. The van der Waals surface area contributed by atoms with E-state index in [9.17, 15) is 4.79 Å². The van der Waals surface area contributed by atoms with Gasteiger partial charge in [-0.05, 0) is 26.0 Å². The molecule has 0 spiro atoms. The Balaban J connectivity index is 2.25. The molecule has 6 heteroatoms. The number of amides is 1. The summed E-state index contributed by atoms with van der Waals surface area (Å²) in [6, 6.07) is 5.67. The van der Waals surface area contributed by atoms with Crippen LogP contribution >= 0.6 is 0 Å². The lowest BCUT2D eigenvalue weighted by molar-refractivity contribution is 0.102. The molecule has 0 saturated heterocycles. The minimum atomic E-state index is -0.285. The summed E-state index contributed by atoms with van der Waals surface area (Å²) in [6.45, 7) is 3.61. The second kappa shape index (κ2) is 4.87. The Hall–Kier alpha value is -2.37. The second-order valence-electron chi connectivity index (χ2n) is 3.90. The van der Waals surface area contributed by atoms with E-state index >= 15 is 0 Å². The molecule has 0 atom stereocenters. The van der Waals surface area contributed by atoms with E-state index in [2.05, 4.69) is 20.8 Å². The van der Waals surface area contributed by atoms with Gasteiger partial charge in [-0.15, -0.1) is 0 Å². The number of aryl methyl sites for hydroxylation is 2. The van der Waals surface area contributed by atoms with Crippen LogP contribution in [0.5, 0.6) is 0 Å². The molecule has 6 nitrogen and oxygen atoms in total. The fraction of sp³-hybridized carbons (Fsp3) is 0.250. The summed E-state index contributed by atoms with van der Waals surface area (Å²) in [6.07, 6.45) is 0. The summed E-state index contributed by atoms with van der Waals surface area (Å²) in [4.78, 5) is 16.0. The van der Waals surface area contributed by atoms with Crippen molar-refractivity contribution >= 4 is 17.6 Å². The first-order valence-corrected chi connectivity index (χ1v) is 5.50. The van der Waals surface area contributed by atoms with E-state index in [0.29, 0.717) is 11.4 Å². The van der Waals surface area contributed by atoms with Crippen molar-refractivity contribution in [3.63, 3.8) is 0 Å². The monoisotopic (exact) mass is 246 g/mol. The molecule has 0 aliphatic heterocycles. The van der Waals surface area contributed by atoms with Crippen molar-refractivity contribution in [2.24, 2.45) is 0 Å². The Morgan fingerprint density at radius 3 is 2.72 bits per heavy atom. The largest absolute Gasteiger partial charge is 0.387 e. The number of hydrogen-bond acceptors (Lipinski definition) is 5. The molecule has 1 aromatic heterocycles. The number of aromatic nitrogens is 2. The van der Waals surface area contributed by atoms with Crippen LogP contribution < -0.4 is 10.6 Å². The molecule has 0 aliphatic rings. The van der Waals surface area contributed by atoms with Crippen LogP contribution in [0.4, 0.5) is 11.7 Å². The smallest absolute Gasteiger partial charge is 0.328 e.